The predicted molar refractivity (Wildman–Crippen MR) is 94.6 cm³/mol. The highest BCUT2D eigenvalue weighted by Crippen LogP contribution is 2.24. The second-order valence-electron chi connectivity index (χ2n) is 5.48. The number of nitrogens with zero attached hydrogens (tertiary/aromatic N) is 3. The van der Waals surface area contributed by atoms with E-state index in [4.69, 9.17) is 17.3 Å². The fraction of sp³-hybridized carbons (Fsp3) is 0.0556. The number of nitrogens with two attached hydrogens (primary N) is 1. The van der Waals surface area contributed by atoms with Gasteiger partial charge >= 0.3 is 0 Å². The number of H-pyrrole nitrogens is 1. The van der Waals surface area contributed by atoms with Crippen molar-refractivity contribution in [3.8, 4) is 11.1 Å². The average molecular weight is 336 g/mol. The number of rotatable bonds is 3. The molecule has 118 valence electrons. The van der Waals surface area contributed by atoms with Crippen LogP contribution in [0.2, 0.25) is 5.02 Å². The molecule has 0 saturated carbocycles. The number of benzene rings is 1. The zero-order valence-electron chi connectivity index (χ0n) is 12.6. The second kappa shape index (κ2) is 6.03. The van der Waals surface area contributed by atoms with Crippen molar-refractivity contribution in [1.29, 1.82) is 0 Å². The summed E-state index contributed by atoms with van der Waals surface area (Å²) >= 11 is 5.92. The van der Waals surface area contributed by atoms with E-state index in [1.54, 1.807) is 18.6 Å². The number of hydrogen-bond acceptors (Lipinski definition) is 4. The molecule has 3 heterocycles. The first-order valence-electron chi connectivity index (χ1n) is 7.48. The lowest BCUT2D eigenvalue weighted by atomic mass is 10.1. The van der Waals surface area contributed by atoms with Gasteiger partial charge in [-0.15, -0.1) is 0 Å². The van der Waals surface area contributed by atoms with Crippen LogP contribution in [-0.4, -0.2) is 19.9 Å². The van der Waals surface area contributed by atoms with Crippen molar-refractivity contribution in [2.24, 2.45) is 5.73 Å². The molecule has 6 heteroatoms. The molecule has 0 fully saturated rings. The molecule has 0 radical (unpaired) electrons. The zero-order chi connectivity index (χ0) is 16.5. The number of fused-ring (bicyclic) bond motifs is 1. The molecule has 0 aliphatic carbocycles. The summed E-state index contributed by atoms with van der Waals surface area (Å²) < 4.78 is 0. The average Bonchev–Trinajstić information content (AvgIpc) is 3.06. The Hall–Kier alpha value is -2.76. The van der Waals surface area contributed by atoms with E-state index in [0.717, 1.165) is 22.2 Å². The van der Waals surface area contributed by atoms with Crippen LogP contribution in [-0.2, 0) is 0 Å². The van der Waals surface area contributed by atoms with Gasteiger partial charge < -0.3 is 10.7 Å². The molecule has 1 unspecified atom stereocenters. The second-order valence-corrected chi connectivity index (χ2v) is 5.92. The summed E-state index contributed by atoms with van der Waals surface area (Å²) in [6, 6.07) is 13.0. The number of hydrogen-bond donors (Lipinski definition) is 2. The number of halogens is 1. The van der Waals surface area contributed by atoms with Gasteiger partial charge in [0, 0.05) is 29.2 Å². The van der Waals surface area contributed by atoms with Crippen molar-refractivity contribution >= 4 is 22.8 Å². The Balaban J connectivity index is 1.72. The number of pyridine rings is 2. The van der Waals surface area contributed by atoms with E-state index in [0.29, 0.717) is 16.5 Å². The van der Waals surface area contributed by atoms with Gasteiger partial charge in [0.2, 0.25) is 0 Å². The van der Waals surface area contributed by atoms with Crippen molar-refractivity contribution in [1.82, 2.24) is 19.9 Å². The lowest BCUT2D eigenvalue weighted by Crippen LogP contribution is -2.13. The van der Waals surface area contributed by atoms with Crippen molar-refractivity contribution < 1.29 is 0 Å². The van der Waals surface area contributed by atoms with E-state index >= 15 is 0 Å². The molecule has 4 rings (SSSR count). The molecule has 0 amide bonds. The van der Waals surface area contributed by atoms with Gasteiger partial charge in [-0.05, 0) is 41.5 Å². The summed E-state index contributed by atoms with van der Waals surface area (Å²) in [5.41, 5.74) is 10.8. The molecule has 0 saturated heterocycles. The minimum Gasteiger partial charge on any atom is -0.339 e. The quantitative estimate of drug-likeness (QED) is 0.598. The summed E-state index contributed by atoms with van der Waals surface area (Å²) in [7, 11) is 0. The maximum atomic E-state index is 6.31. The van der Waals surface area contributed by atoms with Gasteiger partial charge in [-0.25, -0.2) is 9.97 Å². The third-order valence-electron chi connectivity index (χ3n) is 3.89. The van der Waals surface area contributed by atoms with Crippen molar-refractivity contribution in [3.05, 3.63) is 77.5 Å². The smallest absolute Gasteiger partial charge is 0.177 e. The molecular formula is C18H14ClN5. The van der Waals surface area contributed by atoms with Gasteiger partial charge in [-0.2, -0.15) is 0 Å². The minimum absolute atomic E-state index is 0.360. The summed E-state index contributed by atoms with van der Waals surface area (Å²) in [6.07, 6.45) is 5.32. The SMILES string of the molecule is NC(c1ccc(Cl)cc1)c1nc2ncc(-c3ccncc3)cc2[nH]1. The largest absolute Gasteiger partial charge is 0.339 e. The number of nitrogens with one attached hydrogen (secondary N) is 1. The summed E-state index contributed by atoms with van der Waals surface area (Å²) in [6.45, 7) is 0. The Morgan fingerprint density at radius 2 is 1.75 bits per heavy atom. The molecule has 5 nitrogen and oxygen atoms in total. The first-order valence-corrected chi connectivity index (χ1v) is 7.85. The van der Waals surface area contributed by atoms with E-state index in [1.165, 1.54) is 0 Å². The van der Waals surface area contributed by atoms with E-state index in [-0.39, 0.29) is 6.04 Å². The Morgan fingerprint density at radius 3 is 2.50 bits per heavy atom. The lowest BCUT2D eigenvalue weighted by molar-refractivity contribution is 0.805. The number of aromatic amines is 1. The van der Waals surface area contributed by atoms with Crippen LogP contribution in [0.25, 0.3) is 22.3 Å². The van der Waals surface area contributed by atoms with Crippen LogP contribution < -0.4 is 5.73 Å². The lowest BCUT2D eigenvalue weighted by Gasteiger charge is -2.08. The maximum absolute atomic E-state index is 6.31. The van der Waals surface area contributed by atoms with Crippen LogP contribution in [0.15, 0.2) is 61.1 Å². The Morgan fingerprint density at radius 1 is 1.00 bits per heavy atom. The van der Waals surface area contributed by atoms with Gasteiger partial charge in [0.1, 0.15) is 5.82 Å². The van der Waals surface area contributed by atoms with Crippen LogP contribution in [0, 0.1) is 0 Å². The van der Waals surface area contributed by atoms with Crippen LogP contribution in [0.4, 0.5) is 0 Å². The molecule has 4 aromatic rings. The highest BCUT2D eigenvalue weighted by Gasteiger charge is 2.14. The number of imidazole rings is 1. The standard InChI is InChI=1S/C18H14ClN5/c19-14-3-1-12(2-4-14)16(20)18-23-15-9-13(10-22-17(15)24-18)11-5-7-21-8-6-11/h1-10,16H,20H2,(H,22,23,24). The first-order chi connectivity index (χ1) is 11.7. The van der Waals surface area contributed by atoms with Gasteiger partial charge in [0.15, 0.2) is 5.65 Å². The van der Waals surface area contributed by atoms with E-state index in [2.05, 4.69) is 19.9 Å². The molecular weight excluding hydrogens is 322 g/mol. The van der Waals surface area contributed by atoms with Crippen molar-refractivity contribution in [2.75, 3.05) is 0 Å². The molecule has 0 spiro atoms. The number of aromatic nitrogens is 4. The molecule has 3 N–H and O–H groups in total. The minimum atomic E-state index is -0.360. The Labute approximate surface area is 143 Å². The molecule has 0 aliphatic rings. The Kier molecular flexibility index (Phi) is 3.72. The van der Waals surface area contributed by atoms with Crippen molar-refractivity contribution in [2.45, 2.75) is 6.04 Å². The Bertz CT molecular complexity index is 979. The topological polar surface area (TPSA) is 80.5 Å². The van der Waals surface area contributed by atoms with Gasteiger partial charge in [0.05, 0.1) is 11.6 Å². The summed E-state index contributed by atoms with van der Waals surface area (Å²) in [5.74, 6) is 0.673. The maximum Gasteiger partial charge on any atom is 0.177 e. The molecule has 0 aliphatic heterocycles. The highest BCUT2D eigenvalue weighted by molar-refractivity contribution is 6.30. The van der Waals surface area contributed by atoms with Crippen LogP contribution >= 0.6 is 11.6 Å². The molecule has 3 aromatic heterocycles. The molecule has 1 aromatic carbocycles. The first kappa shape index (κ1) is 14.8. The van der Waals surface area contributed by atoms with Crippen molar-refractivity contribution in [3.63, 3.8) is 0 Å². The van der Waals surface area contributed by atoms with E-state index < -0.39 is 0 Å². The molecule has 1 atom stereocenters. The van der Waals surface area contributed by atoms with E-state index in [1.807, 2.05) is 42.5 Å². The van der Waals surface area contributed by atoms with Crippen LogP contribution in [0.5, 0.6) is 0 Å². The van der Waals surface area contributed by atoms with E-state index in [9.17, 15) is 0 Å². The normalized spacial score (nSPS) is 12.4. The van der Waals surface area contributed by atoms with Crippen LogP contribution in [0.3, 0.4) is 0 Å². The van der Waals surface area contributed by atoms with Gasteiger partial charge in [-0.3, -0.25) is 4.98 Å². The summed E-state index contributed by atoms with van der Waals surface area (Å²) in [4.78, 5) is 16.2. The zero-order valence-corrected chi connectivity index (χ0v) is 13.4. The van der Waals surface area contributed by atoms with Gasteiger partial charge in [-0.1, -0.05) is 23.7 Å². The molecule has 24 heavy (non-hydrogen) atoms. The molecule has 0 bridgehead atoms. The highest BCUT2D eigenvalue weighted by atomic mass is 35.5. The fourth-order valence-corrected chi connectivity index (χ4v) is 2.72. The summed E-state index contributed by atoms with van der Waals surface area (Å²) in [5, 5.41) is 0.680. The van der Waals surface area contributed by atoms with Gasteiger partial charge in [0.25, 0.3) is 0 Å². The third-order valence-corrected chi connectivity index (χ3v) is 4.15. The van der Waals surface area contributed by atoms with Crippen LogP contribution in [0.1, 0.15) is 17.4 Å². The predicted octanol–water partition coefficient (Wildman–Crippen LogP) is 3.72. The third kappa shape index (κ3) is 2.75. The monoisotopic (exact) mass is 335 g/mol. The fourth-order valence-electron chi connectivity index (χ4n) is 2.60.